The number of halogens is 1. The summed E-state index contributed by atoms with van der Waals surface area (Å²) >= 11 is 2.95. The maximum absolute atomic E-state index is 9.03. The van der Waals surface area contributed by atoms with Crippen molar-refractivity contribution in [2.45, 2.75) is 6.92 Å². The Balaban J connectivity index is 3.31. The highest BCUT2D eigenvalue weighted by atomic mass is 79.9. The molecule has 0 aliphatic carbocycles. The van der Waals surface area contributed by atoms with Crippen molar-refractivity contribution in [3.05, 3.63) is 16.2 Å². The molecule has 10 heavy (non-hydrogen) atoms. The molecule has 1 rings (SSSR count). The summed E-state index contributed by atoms with van der Waals surface area (Å²) in [5.41, 5.74) is 0.582. The summed E-state index contributed by atoms with van der Waals surface area (Å²) in [6, 6.07) is 1.46. The Morgan fingerprint density at radius 2 is 2.10 bits per heavy atom. The van der Waals surface area contributed by atoms with Gasteiger partial charge in [-0.05, 0) is 22.9 Å². The zero-order chi connectivity index (χ0) is 7.72. The SMILES string of the molecule is Cc1cc(O)c(Br)c(O)n1. The Labute approximate surface area is 66.5 Å². The molecule has 2 N–H and O–H groups in total. The second-order valence-corrected chi connectivity index (χ2v) is 2.71. The van der Waals surface area contributed by atoms with Gasteiger partial charge in [-0.25, -0.2) is 4.98 Å². The standard InChI is InChI=1S/C6H6BrNO2/c1-3-2-4(9)5(7)6(10)8-3/h2H,1H3,(H2,8,9,10). The van der Waals surface area contributed by atoms with Gasteiger partial charge in [0.2, 0.25) is 5.88 Å². The van der Waals surface area contributed by atoms with Gasteiger partial charge < -0.3 is 10.2 Å². The summed E-state index contributed by atoms with van der Waals surface area (Å²) in [5.74, 6) is -0.178. The maximum Gasteiger partial charge on any atom is 0.229 e. The minimum absolute atomic E-state index is 0.00463. The van der Waals surface area contributed by atoms with Crippen LogP contribution in [0.2, 0.25) is 0 Å². The third kappa shape index (κ3) is 1.21. The average Bonchev–Trinajstić information content (AvgIpc) is 1.82. The Hall–Kier alpha value is -0.770. The fraction of sp³-hybridized carbons (Fsp3) is 0.167. The van der Waals surface area contributed by atoms with E-state index in [9.17, 15) is 0 Å². The lowest BCUT2D eigenvalue weighted by Gasteiger charge is -1.99. The number of hydrogen-bond donors (Lipinski definition) is 2. The number of aromatic hydroxyl groups is 2. The molecule has 1 aromatic rings. The van der Waals surface area contributed by atoms with Crippen molar-refractivity contribution >= 4 is 15.9 Å². The summed E-state index contributed by atoms with van der Waals surface area (Å²) in [7, 11) is 0. The minimum atomic E-state index is -0.183. The molecule has 0 amide bonds. The Bertz CT molecular complexity index is 239. The van der Waals surface area contributed by atoms with Crippen LogP contribution in [0.5, 0.6) is 11.6 Å². The van der Waals surface area contributed by atoms with E-state index >= 15 is 0 Å². The number of nitrogens with zero attached hydrogens (tertiary/aromatic N) is 1. The molecule has 1 aromatic heterocycles. The Morgan fingerprint density at radius 1 is 1.50 bits per heavy atom. The van der Waals surface area contributed by atoms with E-state index in [2.05, 4.69) is 20.9 Å². The van der Waals surface area contributed by atoms with E-state index in [1.807, 2.05) is 0 Å². The molecule has 54 valence electrons. The van der Waals surface area contributed by atoms with Crippen LogP contribution >= 0.6 is 15.9 Å². The third-order valence-corrected chi connectivity index (χ3v) is 1.81. The molecule has 1 heterocycles. The number of rotatable bonds is 0. The van der Waals surface area contributed by atoms with E-state index in [0.29, 0.717) is 5.69 Å². The van der Waals surface area contributed by atoms with Gasteiger partial charge in [-0.3, -0.25) is 0 Å². The molecular weight excluding hydrogens is 198 g/mol. The molecule has 3 nitrogen and oxygen atoms in total. The predicted molar refractivity (Wildman–Crippen MR) is 40.0 cm³/mol. The van der Waals surface area contributed by atoms with Gasteiger partial charge in [0.15, 0.2) is 0 Å². The highest BCUT2D eigenvalue weighted by Gasteiger charge is 2.04. The second kappa shape index (κ2) is 2.46. The van der Waals surface area contributed by atoms with Crippen LogP contribution in [0, 0.1) is 6.92 Å². The molecule has 0 radical (unpaired) electrons. The molecule has 0 aliphatic rings. The van der Waals surface area contributed by atoms with Crippen LogP contribution in [0.25, 0.3) is 0 Å². The monoisotopic (exact) mass is 203 g/mol. The van der Waals surface area contributed by atoms with Crippen molar-refractivity contribution in [2.75, 3.05) is 0 Å². The van der Waals surface area contributed by atoms with E-state index in [-0.39, 0.29) is 16.1 Å². The summed E-state index contributed by atoms with van der Waals surface area (Å²) in [4.78, 5) is 3.68. The fourth-order valence-electron chi connectivity index (χ4n) is 0.624. The number of pyridine rings is 1. The largest absolute Gasteiger partial charge is 0.506 e. The normalized spacial score (nSPS) is 9.80. The van der Waals surface area contributed by atoms with E-state index in [0.717, 1.165) is 0 Å². The maximum atomic E-state index is 9.03. The van der Waals surface area contributed by atoms with Crippen LogP contribution in [0.1, 0.15) is 5.69 Å². The van der Waals surface area contributed by atoms with E-state index < -0.39 is 0 Å². The van der Waals surface area contributed by atoms with E-state index in [1.54, 1.807) is 6.92 Å². The lowest BCUT2D eigenvalue weighted by Crippen LogP contribution is -1.81. The molecule has 0 aromatic carbocycles. The van der Waals surface area contributed by atoms with E-state index in [4.69, 9.17) is 10.2 Å². The van der Waals surface area contributed by atoms with Crippen LogP contribution in [0.15, 0.2) is 10.5 Å². The fourth-order valence-corrected chi connectivity index (χ4v) is 0.827. The summed E-state index contributed by atoms with van der Waals surface area (Å²) < 4.78 is 0.234. The zero-order valence-electron chi connectivity index (χ0n) is 5.30. The van der Waals surface area contributed by atoms with Crippen LogP contribution in [0.4, 0.5) is 0 Å². The van der Waals surface area contributed by atoms with Crippen molar-refractivity contribution in [3.63, 3.8) is 0 Å². The molecule has 0 fully saturated rings. The smallest absolute Gasteiger partial charge is 0.229 e. The first kappa shape index (κ1) is 7.34. The van der Waals surface area contributed by atoms with E-state index in [1.165, 1.54) is 6.07 Å². The highest BCUT2D eigenvalue weighted by molar-refractivity contribution is 9.10. The minimum Gasteiger partial charge on any atom is -0.506 e. The van der Waals surface area contributed by atoms with Gasteiger partial charge in [-0.15, -0.1) is 0 Å². The Morgan fingerprint density at radius 3 is 2.60 bits per heavy atom. The van der Waals surface area contributed by atoms with Gasteiger partial charge in [-0.1, -0.05) is 0 Å². The van der Waals surface area contributed by atoms with Crippen LogP contribution in [-0.4, -0.2) is 15.2 Å². The number of aryl methyl sites for hydroxylation is 1. The van der Waals surface area contributed by atoms with Gasteiger partial charge >= 0.3 is 0 Å². The highest BCUT2D eigenvalue weighted by Crippen LogP contribution is 2.30. The van der Waals surface area contributed by atoms with Crippen LogP contribution in [-0.2, 0) is 0 Å². The lowest BCUT2D eigenvalue weighted by atomic mass is 10.3. The first-order chi connectivity index (χ1) is 4.61. The molecule has 0 spiro atoms. The second-order valence-electron chi connectivity index (χ2n) is 1.92. The third-order valence-electron chi connectivity index (χ3n) is 1.05. The molecule has 0 atom stereocenters. The summed E-state index contributed by atoms with van der Waals surface area (Å²) in [6.45, 7) is 1.69. The molecule has 0 aliphatic heterocycles. The van der Waals surface area contributed by atoms with Crippen molar-refractivity contribution in [3.8, 4) is 11.6 Å². The van der Waals surface area contributed by atoms with Gasteiger partial charge in [0.05, 0.1) is 0 Å². The summed E-state index contributed by atoms with van der Waals surface area (Å²) in [5, 5.41) is 18.0. The van der Waals surface area contributed by atoms with Gasteiger partial charge in [0.1, 0.15) is 10.2 Å². The van der Waals surface area contributed by atoms with Crippen LogP contribution in [0.3, 0.4) is 0 Å². The first-order valence-corrected chi connectivity index (χ1v) is 3.45. The van der Waals surface area contributed by atoms with Crippen molar-refractivity contribution < 1.29 is 10.2 Å². The molecule has 0 saturated carbocycles. The molecule has 0 saturated heterocycles. The Kier molecular flexibility index (Phi) is 1.80. The average molecular weight is 204 g/mol. The lowest BCUT2D eigenvalue weighted by molar-refractivity contribution is 0.427. The van der Waals surface area contributed by atoms with Gasteiger partial charge in [0, 0.05) is 11.8 Å². The predicted octanol–water partition coefficient (Wildman–Crippen LogP) is 1.56. The van der Waals surface area contributed by atoms with Crippen molar-refractivity contribution in [2.24, 2.45) is 0 Å². The zero-order valence-corrected chi connectivity index (χ0v) is 6.88. The molecule has 4 heteroatoms. The molecule has 0 unspecified atom stereocenters. The summed E-state index contributed by atoms with van der Waals surface area (Å²) in [6.07, 6.45) is 0. The van der Waals surface area contributed by atoms with Crippen molar-refractivity contribution in [1.29, 1.82) is 0 Å². The number of aromatic nitrogens is 1. The quantitative estimate of drug-likeness (QED) is 0.674. The van der Waals surface area contributed by atoms with Gasteiger partial charge in [0.25, 0.3) is 0 Å². The van der Waals surface area contributed by atoms with Crippen molar-refractivity contribution in [1.82, 2.24) is 4.98 Å². The molecular formula is C6H6BrNO2. The van der Waals surface area contributed by atoms with Gasteiger partial charge in [-0.2, -0.15) is 0 Å². The molecule has 0 bridgehead atoms. The number of hydrogen-bond acceptors (Lipinski definition) is 3. The topological polar surface area (TPSA) is 53.4 Å². The van der Waals surface area contributed by atoms with Crippen LogP contribution < -0.4 is 0 Å². The first-order valence-electron chi connectivity index (χ1n) is 2.66.